The predicted octanol–water partition coefficient (Wildman–Crippen LogP) is 4.20. The summed E-state index contributed by atoms with van der Waals surface area (Å²) < 4.78 is 37.4. The first-order valence-electron chi connectivity index (χ1n) is 12.3. The molecule has 1 aliphatic carbocycles. The number of fused-ring (bicyclic) bond motifs is 3. The summed E-state index contributed by atoms with van der Waals surface area (Å²) in [6.07, 6.45) is -0.596. The van der Waals surface area contributed by atoms with Gasteiger partial charge in [-0.05, 0) is 55.0 Å². The van der Waals surface area contributed by atoms with Crippen molar-refractivity contribution in [2.45, 2.75) is 38.7 Å². The number of carbonyl (C=O) groups excluding carboxylic acids is 2. The number of sulfonamides is 1. The number of azide groups is 1. The first kappa shape index (κ1) is 29.0. The highest BCUT2D eigenvalue weighted by atomic mass is 32.2. The molecule has 2 aromatic rings. The molecule has 0 saturated carbocycles. The van der Waals surface area contributed by atoms with Crippen molar-refractivity contribution < 1.29 is 27.5 Å². The second kappa shape index (κ2) is 12.8. The predicted molar refractivity (Wildman–Crippen MR) is 143 cm³/mol. The summed E-state index contributed by atoms with van der Waals surface area (Å²) in [5.74, 6) is -1.13. The van der Waals surface area contributed by atoms with Gasteiger partial charge in [0.1, 0.15) is 18.8 Å². The van der Waals surface area contributed by atoms with E-state index in [4.69, 9.17) is 15.0 Å². The lowest BCUT2D eigenvalue weighted by molar-refractivity contribution is -0.154. The Bertz CT molecular complexity index is 1260. The molecule has 0 spiro atoms. The summed E-state index contributed by atoms with van der Waals surface area (Å²) in [4.78, 5) is 27.4. The van der Waals surface area contributed by atoms with Crippen LogP contribution in [0.4, 0.5) is 4.79 Å². The molecule has 0 atom stereocenters. The molecule has 0 aliphatic heterocycles. The standard InChI is InChI=1S/C26H33N5O6S/c1-26(2,3)37-24(32)17-31(38(34,35)16-8-13-29-30-27)15-14-28-25(33)36-18-23-21-11-6-4-9-19(21)20-10-5-7-12-22(20)23/h4-7,9-12,23H,8,13-18H2,1-3H3,(H,28,33). The molecule has 12 heteroatoms. The SMILES string of the molecule is CC(C)(C)OC(=O)CN(CCNC(=O)OCC1c2ccccc2-c2ccccc21)S(=O)(=O)CCCN=[N+]=[N-]. The number of ether oxygens (including phenoxy) is 2. The van der Waals surface area contributed by atoms with E-state index in [-0.39, 0.29) is 44.3 Å². The molecule has 3 rings (SSSR count). The van der Waals surface area contributed by atoms with Gasteiger partial charge >= 0.3 is 12.1 Å². The fourth-order valence-corrected chi connectivity index (χ4v) is 5.68. The monoisotopic (exact) mass is 543 g/mol. The fraction of sp³-hybridized carbons (Fsp3) is 0.462. The number of amides is 1. The number of nitrogens with one attached hydrogen (secondary N) is 1. The summed E-state index contributed by atoms with van der Waals surface area (Å²) in [7, 11) is -3.89. The van der Waals surface area contributed by atoms with E-state index in [1.807, 2.05) is 48.5 Å². The van der Waals surface area contributed by atoms with E-state index in [9.17, 15) is 18.0 Å². The van der Waals surface area contributed by atoms with Crippen molar-refractivity contribution in [2.75, 3.05) is 38.5 Å². The van der Waals surface area contributed by atoms with Crippen molar-refractivity contribution in [1.29, 1.82) is 0 Å². The van der Waals surface area contributed by atoms with E-state index >= 15 is 0 Å². The molecule has 1 N–H and O–H groups in total. The number of rotatable bonds is 12. The van der Waals surface area contributed by atoms with Crippen LogP contribution in [0, 0.1) is 0 Å². The molecular formula is C26H33N5O6S. The third kappa shape index (κ3) is 7.95. The van der Waals surface area contributed by atoms with Crippen molar-refractivity contribution in [3.63, 3.8) is 0 Å². The van der Waals surface area contributed by atoms with Gasteiger partial charge in [0, 0.05) is 30.5 Å². The lowest BCUT2D eigenvalue weighted by atomic mass is 9.98. The highest BCUT2D eigenvalue weighted by Crippen LogP contribution is 2.44. The Kier molecular flexibility index (Phi) is 9.73. The lowest BCUT2D eigenvalue weighted by Gasteiger charge is -2.25. The maximum Gasteiger partial charge on any atom is 0.407 e. The summed E-state index contributed by atoms with van der Waals surface area (Å²) in [6.45, 7) is 4.44. The molecule has 1 aliphatic rings. The molecule has 2 aromatic carbocycles. The maximum atomic E-state index is 12.8. The molecule has 38 heavy (non-hydrogen) atoms. The van der Waals surface area contributed by atoms with Crippen molar-refractivity contribution in [2.24, 2.45) is 5.11 Å². The van der Waals surface area contributed by atoms with Crippen LogP contribution in [0.3, 0.4) is 0 Å². The van der Waals surface area contributed by atoms with Gasteiger partial charge in [0.05, 0.1) is 5.75 Å². The van der Waals surface area contributed by atoms with Crippen LogP contribution in [0.25, 0.3) is 21.6 Å². The van der Waals surface area contributed by atoms with E-state index in [0.29, 0.717) is 0 Å². The van der Waals surface area contributed by atoms with E-state index < -0.39 is 34.2 Å². The van der Waals surface area contributed by atoms with Crippen LogP contribution < -0.4 is 5.32 Å². The smallest absolute Gasteiger partial charge is 0.407 e. The van der Waals surface area contributed by atoms with Crippen LogP contribution in [-0.2, 0) is 24.3 Å². The van der Waals surface area contributed by atoms with Crippen LogP contribution in [0.1, 0.15) is 44.2 Å². The average molecular weight is 544 g/mol. The zero-order valence-electron chi connectivity index (χ0n) is 21.8. The summed E-state index contributed by atoms with van der Waals surface area (Å²) in [5.41, 5.74) is 12.0. The molecule has 204 valence electrons. The number of carbonyl (C=O) groups is 2. The number of alkyl carbamates (subject to hydrolysis) is 1. The van der Waals surface area contributed by atoms with Gasteiger partial charge in [-0.1, -0.05) is 53.6 Å². The molecule has 0 bridgehead atoms. The van der Waals surface area contributed by atoms with Crippen LogP contribution in [-0.4, -0.2) is 68.9 Å². The van der Waals surface area contributed by atoms with Gasteiger partial charge in [0.25, 0.3) is 0 Å². The Morgan fingerprint density at radius 1 is 1.08 bits per heavy atom. The van der Waals surface area contributed by atoms with Gasteiger partial charge in [-0.15, -0.1) is 0 Å². The fourth-order valence-electron chi connectivity index (χ4n) is 4.26. The number of benzene rings is 2. The lowest BCUT2D eigenvalue weighted by Crippen LogP contribution is -2.44. The summed E-state index contributed by atoms with van der Waals surface area (Å²) >= 11 is 0. The van der Waals surface area contributed by atoms with Crippen LogP contribution in [0.2, 0.25) is 0 Å². The molecular weight excluding hydrogens is 510 g/mol. The van der Waals surface area contributed by atoms with Crippen molar-refractivity contribution in [3.05, 3.63) is 70.1 Å². The Morgan fingerprint density at radius 2 is 1.68 bits per heavy atom. The first-order valence-corrected chi connectivity index (χ1v) is 13.9. The third-order valence-corrected chi connectivity index (χ3v) is 7.72. The van der Waals surface area contributed by atoms with Gasteiger partial charge in [-0.25, -0.2) is 13.2 Å². The summed E-state index contributed by atoms with van der Waals surface area (Å²) in [6, 6.07) is 16.0. The second-order valence-electron chi connectivity index (χ2n) is 9.80. The van der Waals surface area contributed by atoms with Crippen LogP contribution in [0.5, 0.6) is 0 Å². The number of hydrogen-bond donors (Lipinski definition) is 1. The van der Waals surface area contributed by atoms with Crippen LogP contribution in [0.15, 0.2) is 53.6 Å². The molecule has 0 fully saturated rings. The topological polar surface area (TPSA) is 151 Å². The van der Waals surface area contributed by atoms with Crippen molar-refractivity contribution in [3.8, 4) is 11.1 Å². The maximum absolute atomic E-state index is 12.8. The number of esters is 1. The summed E-state index contributed by atoms with van der Waals surface area (Å²) in [5, 5.41) is 5.91. The van der Waals surface area contributed by atoms with Crippen molar-refractivity contribution >= 4 is 22.1 Å². The highest BCUT2D eigenvalue weighted by molar-refractivity contribution is 7.89. The van der Waals surface area contributed by atoms with Gasteiger partial charge in [0.2, 0.25) is 10.0 Å². The molecule has 11 nitrogen and oxygen atoms in total. The Balaban J connectivity index is 1.58. The van der Waals surface area contributed by atoms with Gasteiger partial charge in [0.15, 0.2) is 0 Å². The second-order valence-corrected chi connectivity index (χ2v) is 11.9. The largest absolute Gasteiger partial charge is 0.459 e. The zero-order chi connectivity index (χ0) is 27.8. The highest BCUT2D eigenvalue weighted by Gasteiger charge is 2.30. The minimum atomic E-state index is -3.89. The quantitative estimate of drug-likeness (QED) is 0.139. The number of nitrogens with zero attached hydrogens (tertiary/aromatic N) is 4. The van der Waals surface area contributed by atoms with E-state index in [2.05, 4.69) is 15.3 Å². The molecule has 0 radical (unpaired) electrons. The van der Waals surface area contributed by atoms with E-state index in [1.165, 1.54) is 0 Å². The Morgan fingerprint density at radius 3 is 2.26 bits per heavy atom. The van der Waals surface area contributed by atoms with Crippen LogP contribution >= 0.6 is 0 Å². The third-order valence-electron chi connectivity index (χ3n) is 5.82. The minimum absolute atomic E-state index is 0.00794. The molecule has 0 unspecified atom stereocenters. The number of hydrogen-bond acceptors (Lipinski definition) is 7. The van der Waals surface area contributed by atoms with E-state index in [1.54, 1.807) is 20.8 Å². The van der Waals surface area contributed by atoms with Gasteiger partial charge in [-0.3, -0.25) is 4.79 Å². The minimum Gasteiger partial charge on any atom is -0.459 e. The Labute approximate surface area is 222 Å². The zero-order valence-corrected chi connectivity index (χ0v) is 22.6. The first-order chi connectivity index (χ1) is 18.0. The molecule has 0 aromatic heterocycles. The Hall–Kier alpha value is -3.60. The normalized spacial score (nSPS) is 12.8. The average Bonchev–Trinajstić information content (AvgIpc) is 3.17. The molecule has 0 saturated heterocycles. The van der Waals surface area contributed by atoms with Gasteiger partial charge in [-0.2, -0.15) is 4.31 Å². The van der Waals surface area contributed by atoms with Crippen molar-refractivity contribution in [1.82, 2.24) is 9.62 Å². The molecule has 1 amide bonds. The molecule has 0 heterocycles. The van der Waals surface area contributed by atoms with E-state index in [0.717, 1.165) is 26.6 Å². The van der Waals surface area contributed by atoms with Gasteiger partial charge < -0.3 is 14.8 Å².